The fourth-order valence-electron chi connectivity index (χ4n) is 3.19. The Balaban J connectivity index is 1.88. The van der Waals surface area contributed by atoms with Crippen molar-refractivity contribution in [2.24, 2.45) is 0 Å². The van der Waals surface area contributed by atoms with E-state index >= 15 is 0 Å². The molecule has 1 aromatic heterocycles. The van der Waals surface area contributed by atoms with Gasteiger partial charge < -0.3 is 10.2 Å². The number of anilines is 3. The zero-order valence-corrected chi connectivity index (χ0v) is 15.0. The molecule has 1 N–H and O–H groups in total. The van der Waals surface area contributed by atoms with Gasteiger partial charge in [-0.25, -0.2) is 0 Å². The van der Waals surface area contributed by atoms with Crippen molar-refractivity contribution >= 4 is 29.1 Å². The number of halogens is 4. The third-order valence-electron chi connectivity index (χ3n) is 4.47. The zero-order valence-electron chi connectivity index (χ0n) is 14.2. The van der Waals surface area contributed by atoms with Gasteiger partial charge in [0.05, 0.1) is 17.4 Å². The Morgan fingerprint density at radius 1 is 1.31 bits per heavy atom. The highest BCUT2D eigenvalue weighted by Gasteiger charge is 2.34. The van der Waals surface area contributed by atoms with Crippen molar-refractivity contribution < 1.29 is 13.2 Å². The number of alkyl halides is 3. The van der Waals surface area contributed by atoms with Crippen molar-refractivity contribution in [2.45, 2.75) is 44.8 Å². The van der Waals surface area contributed by atoms with Crippen molar-refractivity contribution in [3.63, 3.8) is 0 Å². The molecule has 1 fully saturated rings. The second kappa shape index (κ2) is 7.65. The van der Waals surface area contributed by atoms with Gasteiger partial charge in [-0.3, -0.25) is 0 Å². The van der Waals surface area contributed by atoms with E-state index < -0.39 is 11.7 Å². The Hall–Kier alpha value is -2.09. The first-order valence-electron chi connectivity index (χ1n) is 8.48. The number of piperidine rings is 1. The van der Waals surface area contributed by atoms with Crippen LogP contribution in [0.3, 0.4) is 0 Å². The lowest BCUT2D eigenvalue weighted by Gasteiger charge is -2.35. The molecule has 1 atom stereocenters. The van der Waals surface area contributed by atoms with E-state index in [0.29, 0.717) is 11.9 Å². The third-order valence-corrected chi connectivity index (χ3v) is 4.71. The van der Waals surface area contributed by atoms with Gasteiger partial charge in [-0.1, -0.05) is 18.5 Å². The maximum atomic E-state index is 13.2. The molecule has 1 saturated heterocycles. The van der Waals surface area contributed by atoms with Gasteiger partial charge in [-0.2, -0.15) is 23.3 Å². The molecule has 0 bridgehead atoms. The fraction of sp³-hybridized carbons (Fsp3) is 0.471. The molecule has 0 radical (unpaired) electrons. The number of rotatable bonds is 4. The zero-order chi connectivity index (χ0) is 18.7. The van der Waals surface area contributed by atoms with E-state index in [1.54, 1.807) is 6.20 Å². The summed E-state index contributed by atoms with van der Waals surface area (Å²) in [7, 11) is 0. The number of nitrogens with zero attached hydrogens (tertiary/aromatic N) is 4. The summed E-state index contributed by atoms with van der Waals surface area (Å²) in [6.45, 7) is 2.96. The Morgan fingerprint density at radius 3 is 2.85 bits per heavy atom. The van der Waals surface area contributed by atoms with Crippen LogP contribution in [0.1, 0.15) is 38.2 Å². The van der Waals surface area contributed by atoms with Crippen molar-refractivity contribution in [1.29, 1.82) is 0 Å². The number of hydrogen-bond acceptors (Lipinski definition) is 5. The molecule has 1 aliphatic heterocycles. The van der Waals surface area contributed by atoms with Crippen LogP contribution in [0.4, 0.5) is 30.6 Å². The first-order chi connectivity index (χ1) is 12.4. The van der Waals surface area contributed by atoms with Crippen LogP contribution in [-0.2, 0) is 6.18 Å². The second-order valence-electron chi connectivity index (χ2n) is 6.20. The molecule has 5 nitrogen and oxygen atoms in total. The van der Waals surface area contributed by atoms with E-state index in [1.165, 1.54) is 18.6 Å². The molecule has 0 spiro atoms. The molecule has 1 unspecified atom stereocenters. The number of hydrogen-bond donors (Lipinski definition) is 1. The summed E-state index contributed by atoms with van der Waals surface area (Å²) < 4.78 is 39.7. The lowest BCUT2D eigenvalue weighted by Crippen LogP contribution is -2.39. The normalized spacial score (nSPS) is 18.0. The molecule has 2 aromatic rings. The maximum Gasteiger partial charge on any atom is 0.418 e. The van der Waals surface area contributed by atoms with E-state index in [-0.39, 0.29) is 16.7 Å². The highest BCUT2D eigenvalue weighted by atomic mass is 35.5. The minimum Gasteiger partial charge on any atom is -0.352 e. The summed E-state index contributed by atoms with van der Waals surface area (Å²) in [5, 5.41) is 10.4. The van der Waals surface area contributed by atoms with E-state index in [1.807, 2.05) is 0 Å². The molecule has 1 aliphatic rings. The average molecular weight is 386 g/mol. The minimum absolute atomic E-state index is 0.00905. The Labute approximate surface area is 154 Å². The quantitative estimate of drug-likeness (QED) is 0.797. The Bertz CT molecular complexity index is 768. The first kappa shape index (κ1) is 18.7. The van der Waals surface area contributed by atoms with Crippen molar-refractivity contribution in [3.8, 4) is 0 Å². The van der Waals surface area contributed by atoms with E-state index in [4.69, 9.17) is 11.6 Å². The van der Waals surface area contributed by atoms with Crippen LogP contribution in [0.15, 0.2) is 24.4 Å². The highest BCUT2D eigenvalue weighted by molar-refractivity contribution is 6.30. The molecule has 1 aromatic carbocycles. The SMILES string of the molecule is CCC1CCCCN1c1cnnc(Nc2ccc(Cl)cc2C(F)(F)F)n1. The van der Waals surface area contributed by atoms with Gasteiger partial charge >= 0.3 is 6.18 Å². The highest BCUT2D eigenvalue weighted by Crippen LogP contribution is 2.37. The molecule has 0 aliphatic carbocycles. The molecule has 9 heteroatoms. The molecule has 0 saturated carbocycles. The maximum absolute atomic E-state index is 13.2. The third kappa shape index (κ3) is 4.17. The van der Waals surface area contributed by atoms with Crippen molar-refractivity contribution in [2.75, 3.05) is 16.8 Å². The van der Waals surface area contributed by atoms with Gasteiger partial charge in [0.15, 0.2) is 5.82 Å². The standard InChI is InChI=1S/C17H19ClF3N5/c1-2-12-5-3-4-8-26(12)15-10-22-25-16(24-15)23-14-7-6-11(18)9-13(14)17(19,20)21/h6-7,9-10,12H,2-5,8H2,1H3,(H,23,24,25). The van der Waals surface area contributed by atoms with Crippen LogP contribution in [0.2, 0.25) is 5.02 Å². The van der Waals surface area contributed by atoms with Gasteiger partial charge in [0.2, 0.25) is 5.95 Å². The Kier molecular flexibility index (Phi) is 5.50. The number of aromatic nitrogens is 3. The van der Waals surface area contributed by atoms with Gasteiger partial charge in [0.1, 0.15) is 0 Å². The first-order valence-corrected chi connectivity index (χ1v) is 8.86. The van der Waals surface area contributed by atoms with Crippen LogP contribution in [0.5, 0.6) is 0 Å². The molecular formula is C17H19ClF3N5. The summed E-state index contributed by atoms with van der Waals surface area (Å²) in [4.78, 5) is 6.53. The second-order valence-corrected chi connectivity index (χ2v) is 6.64. The lowest BCUT2D eigenvalue weighted by atomic mass is 10.0. The van der Waals surface area contributed by atoms with Crippen LogP contribution in [-0.4, -0.2) is 27.8 Å². The van der Waals surface area contributed by atoms with E-state index in [9.17, 15) is 13.2 Å². The smallest absolute Gasteiger partial charge is 0.352 e. The molecule has 140 valence electrons. The molecule has 2 heterocycles. The Morgan fingerprint density at radius 2 is 2.12 bits per heavy atom. The summed E-state index contributed by atoms with van der Waals surface area (Å²) >= 11 is 5.71. The lowest BCUT2D eigenvalue weighted by molar-refractivity contribution is -0.136. The molecular weight excluding hydrogens is 367 g/mol. The largest absolute Gasteiger partial charge is 0.418 e. The average Bonchev–Trinajstić information content (AvgIpc) is 2.62. The van der Waals surface area contributed by atoms with Crippen LogP contribution in [0.25, 0.3) is 0 Å². The number of nitrogens with one attached hydrogen (secondary N) is 1. The molecule has 26 heavy (non-hydrogen) atoms. The summed E-state index contributed by atoms with van der Waals surface area (Å²) in [5.74, 6) is 0.646. The van der Waals surface area contributed by atoms with E-state index in [2.05, 4.69) is 32.3 Å². The molecule has 3 rings (SSSR count). The van der Waals surface area contributed by atoms with Crippen LogP contribution >= 0.6 is 11.6 Å². The van der Waals surface area contributed by atoms with Gasteiger partial charge in [-0.05, 0) is 43.9 Å². The predicted molar refractivity (Wildman–Crippen MR) is 94.8 cm³/mol. The minimum atomic E-state index is -4.54. The topological polar surface area (TPSA) is 53.9 Å². The van der Waals surface area contributed by atoms with Crippen molar-refractivity contribution in [3.05, 3.63) is 35.0 Å². The summed E-state index contributed by atoms with van der Waals surface area (Å²) in [6, 6.07) is 3.87. The summed E-state index contributed by atoms with van der Waals surface area (Å²) in [5.41, 5.74) is -1.03. The van der Waals surface area contributed by atoms with E-state index in [0.717, 1.165) is 31.9 Å². The van der Waals surface area contributed by atoms with Crippen LogP contribution < -0.4 is 10.2 Å². The van der Waals surface area contributed by atoms with Crippen LogP contribution in [0, 0.1) is 0 Å². The monoisotopic (exact) mass is 385 g/mol. The van der Waals surface area contributed by atoms with Gasteiger partial charge in [0.25, 0.3) is 0 Å². The van der Waals surface area contributed by atoms with Gasteiger partial charge in [-0.15, -0.1) is 5.10 Å². The fourth-order valence-corrected chi connectivity index (χ4v) is 3.37. The number of benzene rings is 1. The summed E-state index contributed by atoms with van der Waals surface area (Å²) in [6.07, 6.45) is 1.27. The van der Waals surface area contributed by atoms with Crippen molar-refractivity contribution in [1.82, 2.24) is 15.2 Å². The predicted octanol–water partition coefficient (Wildman–Crippen LogP) is 5.06. The van der Waals surface area contributed by atoms with Gasteiger partial charge in [0, 0.05) is 17.6 Å². The molecule has 0 amide bonds.